The molecule has 3 aromatic rings. The fourth-order valence-corrected chi connectivity index (χ4v) is 11.6. The maximum Gasteiger partial charge on any atom is 0.334 e. The van der Waals surface area contributed by atoms with Gasteiger partial charge in [0.1, 0.15) is 48.5 Å². The minimum absolute atomic E-state index is 0.268. The summed E-state index contributed by atoms with van der Waals surface area (Å²) in [6.45, 7) is 16.8. The molecule has 0 radical (unpaired) electrons. The summed E-state index contributed by atoms with van der Waals surface area (Å²) in [5, 5.41) is 23.9. The monoisotopic (exact) mass is 1000 g/mol. The predicted octanol–water partition coefficient (Wildman–Crippen LogP) is 3.71. The molecule has 10 rings (SSSR count). The van der Waals surface area contributed by atoms with Gasteiger partial charge in [0.25, 0.3) is 0 Å². The molecule has 69 heavy (non-hydrogen) atoms. The summed E-state index contributed by atoms with van der Waals surface area (Å²) >= 11 is 5.97. The van der Waals surface area contributed by atoms with Crippen molar-refractivity contribution in [2.45, 2.75) is 146 Å². The number of hydrogen-bond acceptors (Lipinski definition) is 19. The van der Waals surface area contributed by atoms with Gasteiger partial charge in [-0.3, -0.25) is 15.2 Å². The van der Waals surface area contributed by atoms with Crippen molar-refractivity contribution in [1.82, 2.24) is 24.3 Å². The van der Waals surface area contributed by atoms with Gasteiger partial charge in [0.05, 0.1) is 35.6 Å². The average Bonchev–Trinajstić information content (AvgIpc) is 4.14. The number of rotatable bonds is 11. The van der Waals surface area contributed by atoms with Crippen molar-refractivity contribution in [3.05, 3.63) is 83.5 Å². The van der Waals surface area contributed by atoms with Crippen LogP contribution in [0.5, 0.6) is 0 Å². The molecule has 2 N–H and O–H groups in total. The number of pyridine rings is 3. The number of fused-ring (bicyclic) bond motifs is 2. The van der Waals surface area contributed by atoms with Crippen molar-refractivity contribution in [3.8, 4) is 0 Å². The van der Waals surface area contributed by atoms with Gasteiger partial charge in [0.2, 0.25) is 16.2 Å². The first-order valence-electron chi connectivity index (χ1n) is 23.2. The van der Waals surface area contributed by atoms with Crippen LogP contribution in [0.4, 0.5) is 5.82 Å². The molecule has 0 bridgehead atoms. The Kier molecular flexibility index (Phi) is 14.2. The van der Waals surface area contributed by atoms with Crippen molar-refractivity contribution in [1.29, 1.82) is 0 Å². The third kappa shape index (κ3) is 11.2. The summed E-state index contributed by atoms with van der Waals surface area (Å²) in [7, 11) is -3.84. The molecular formula is C46H63ClN7O14S+. The first-order valence-corrected chi connectivity index (χ1v) is 25.1. The van der Waals surface area contributed by atoms with Crippen molar-refractivity contribution >= 4 is 33.7 Å². The van der Waals surface area contributed by atoms with Crippen LogP contribution in [-0.4, -0.2) is 184 Å². The maximum absolute atomic E-state index is 13.8. The molecule has 21 nitrogen and oxygen atoms in total. The zero-order chi connectivity index (χ0) is 49.1. The van der Waals surface area contributed by atoms with Gasteiger partial charge < -0.3 is 57.5 Å². The number of ether oxygens (including phenoxy) is 10. The second-order valence-electron chi connectivity index (χ2n) is 19.8. The second-order valence-corrected chi connectivity index (χ2v) is 22.3. The van der Waals surface area contributed by atoms with Crippen molar-refractivity contribution in [3.63, 3.8) is 0 Å². The smallest absolute Gasteiger partial charge is 0.334 e. The SMILES string of the molecule is CC1(C)OC[C@H](C2OC(/[N+](O)=C/c3cccnc3)[C@@H]3OC(C)(C)O[C@H]23)O1.CC1(C)OC[C@H](C2OC(N(O)[C@H](CS(=O)(=O)N3CCN(c4ccc(Cl)cn4)CC3)c3cccnc3)[C@@H]3OC(C)(C)O[C@H]23)O1. The van der Waals surface area contributed by atoms with Crippen LogP contribution in [0.1, 0.15) is 72.6 Å². The molecule has 0 amide bonds. The zero-order valence-corrected chi connectivity index (χ0v) is 41.5. The number of piperazine rings is 1. The minimum Gasteiger partial charge on any atom is -0.354 e. The van der Waals surface area contributed by atoms with E-state index in [2.05, 4.69) is 15.0 Å². The number of halogens is 1. The Morgan fingerprint density at radius 2 is 1.32 bits per heavy atom. The maximum atomic E-state index is 13.8. The Balaban J connectivity index is 0.000000194. The molecule has 7 saturated heterocycles. The number of nitrogens with zero attached hydrogens (tertiary/aromatic N) is 7. The average molecular weight is 1010 g/mol. The molecule has 7 fully saturated rings. The van der Waals surface area contributed by atoms with Crippen molar-refractivity contribution in [2.75, 3.05) is 50.0 Å². The van der Waals surface area contributed by atoms with E-state index in [0.29, 0.717) is 30.3 Å². The van der Waals surface area contributed by atoms with Crippen LogP contribution in [0.3, 0.4) is 0 Å². The summed E-state index contributed by atoms with van der Waals surface area (Å²) in [6.07, 6.45) is 3.92. The Morgan fingerprint density at radius 3 is 1.87 bits per heavy atom. The van der Waals surface area contributed by atoms with E-state index in [-0.39, 0.29) is 31.9 Å². The van der Waals surface area contributed by atoms with Gasteiger partial charge in [0.15, 0.2) is 35.5 Å². The number of hydrogen-bond donors (Lipinski definition) is 2. The lowest BCUT2D eigenvalue weighted by molar-refractivity contribution is -0.823. The predicted molar refractivity (Wildman–Crippen MR) is 244 cm³/mol. The van der Waals surface area contributed by atoms with Gasteiger partial charge in [0, 0.05) is 61.9 Å². The Labute approximate surface area is 407 Å². The molecule has 0 aliphatic carbocycles. The molecule has 4 unspecified atom stereocenters. The minimum atomic E-state index is -3.84. The van der Waals surface area contributed by atoms with Gasteiger partial charge in [-0.1, -0.05) is 17.7 Å². The van der Waals surface area contributed by atoms with Crippen LogP contribution in [0.25, 0.3) is 0 Å². The first-order chi connectivity index (χ1) is 32.6. The van der Waals surface area contributed by atoms with E-state index in [1.807, 2.05) is 58.6 Å². The summed E-state index contributed by atoms with van der Waals surface area (Å²) in [5.41, 5.74) is 1.26. The summed E-state index contributed by atoms with van der Waals surface area (Å²) < 4.78 is 90.5. The van der Waals surface area contributed by atoms with Crippen LogP contribution in [0.15, 0.2) is 67.4 Å². The molecule has 0 saturated carbocycles. The summed E-state index contributed by atoms with van der Waals surface area (Å²) in [6, 6.07) is 9.63. The molecule has 3 aromatic heterocycles. The second kappa shape index (κ2) is 19.5. The van der Waals surface area contributed by atoms with Crippen LogP contribution in [-0.2, 0) is 57.4 Å². The highest BCUT2D eigenvalue weighted by Crippen LogP contribution is 2.45. The van der Waals surface area contributed by atoms with E-state index in [4.69, 9.17) is 59.0 Å². The van der Waals surface area contributed by atoms with Crippen LogP contribution in [0.2, 0.25) is 5.02 Å². The Hall–Kier alpha value is -3.56. The van der Waals surface area contributed by atoms with Crippen LogP contribution in [0, 0.1) is 0 Å². The zero-order valence-electron chi connectivity index (χ0n) is 39.9. The third-order valence-corrected chi connectivity index (χ3v) is 14.9. The standard InChI is InChI=1S/C28H38ClN5O8S.C18H25N2O6/c1-27(2)38-16-21(40-27)23-24-25(42-28(3,4)41-24)26(39-23)34(35)20(18-6-5-9-30-14-18)17-43(36,37)33-12-10-32(11-13-33)22-8-7-19(29)15-31-22;1-17(2)22-10-12(24-17)13-14-15(26-18(3,4)25-14)16(23-13)20(21)9-11-6-5-7-19-8-11/h5-9,14-15,20-21,23-26,35H,10-13,16-17H2,1-4H3;5-9,12-16,21H,10H2,1-4H3/q;+1/t20-,21-,23?,24-,25-,26?;12-,13?,14-,15-,16?/m11/s1. The fraction of sp³-hybridized carbons (Fsp3) is 0.652. The van der Waals surface area contributed by atoms with E-state index in [1.165, 1.54) is 4.31 Å². The lowest BCUT2D eigenvalue weighted by Gasteiger charge is -2.37. The van der Waals surface area contributed by atoms with Gasteiger partial charge in [-0.15, -0.1) is 0 Å². The number of hydroxylamine groups is 3. The quantitative estimate of drug-likeness (QED) is 0.121. The van der Waals surface area contributed by atoms with Crippen LogP contribution >= 0.6 is 11.6 Å². The highest BCUT2D eigenvalue weighted by molar-refractivity contribution is 7.89. The topological polar surface area (TPSA) is 218 Å². The molecule has 378 valence electrons. The molecule has 0 spiro atoms. The van der Waals surface area contributed by atoms with E-state index >= 15 is 0 Å². The molecule has 23 heteroatoms. The fourth-order valence-electron chi connectivity index (χ4n) is 9.80. The number of anilines is 1. The molecule has 7 aliphatic heterocycles. The lowest BCUT2D eigenvalue weighted by Crippen LogP contribution is -2.52. The Bertz CT molecular complexity index is 2380. The van der Waals surface area contributed by atoms with Gasteiger partial charge in [-0.05, 0) is 91.3 Å². The first kappa shape index (κ1) is 50.4. The third-order valence-electron chi connectivity index (χ3n) is 12.8. The normalized spacial score (nSPS) is 34.1. The van der Waals surface area contributed by atoms with Crippen molar-refractivity contribution in [2.24, 2.45) is 0 Å². The summed E-state index contributed by atoms with van der Waals surface area (Å²) in [5.74, 6) is -2.84. The van der Waals surface area contributed by atoms with E-state index in [1.54, 1.807) is 75.3 Å². The number of sulfonamides is 1. The van der Waals surface area contributed by atoms with Crippen molar-refractivity contribution < 1.29 is 70.9 Å². The highest BCUT2D eigenvalue weighted by Gasteiger charge is 2.64. The lowest BCUT2D eigenvalue weighted by atomic mass is 10.1. The van der Waals surface area contributed by atoms with E-state index in [9.17, 15) is 18.8 Å². The molecule has 11 atom stereocenters. The van der Waals surface area contributed by atoms with Crippen LogP contribution < -0.4 is 4.90 Å². The van der Waals surface area contributed by atoms with Gasteiger partial charge in [-0.25, -0.2) is 13.4 Å². The molecule has 7 aliphatic rings. The molecular weight excluding hydrogens is 942 g/mol. The highest BCUT2D eigenvalue weighted by atomic mass is 35.5. The van der Waals surface area contributed by atoms with E-state index in [0.717, 1.165) is 21.2 Å². The largest absolute Gasteiger partial charge is 0.354 e. The summed E-state index contributed by atoms with van der Waals surface area (Å²) in [4.78, 5) is 14.6. The van der Waals surface area contributed by atoms with E-state index < -0.39 is 94.0 Å². The number of aromatic nitrogens is 3. The Morgan fingerprint density at radius 1 is 0.739 bits per heavy atom. The van der Waals surface area contributed by atoms with Gasteiger partial charge >= 0.3 is 6.23 Å². The molecule has 10 heterocycles. The molecule has 0 aromatic carbocycles. The van der Waals surface area contributed by atoms with Gasteiger partial charge in [-0.2, -0.15) is 9.37 Å².